The van der Waals surface area contributed by atoms with Crippen molar-refractivity contribution < 1.29 is 4.39 Å². The summed E-state index contributed by atoms with van der Waals surface area (Å²) in [6.07, 6.45) is 1.55. The molecule has 0 aliphatic heterocycles. The number of aromatic nitrogens is 1. The number of hydrogen-bond donors (Lipinski definition) is 1. The van der Waals surface area contributed by atoms with Crippen molar-refractivity contribution in [2.45, 2.75) is 0 Å². The lowest BCUT2D eigenvalue weighted by Crippen LogP contribution is -1.96. The van der Waals surface area contributed by atoms with E-state index in [1.165, 1.54) is 12.1 Å². The largest absolute Gasteiger partial charge is 0.339 e. The maximum Gasteiger partial charge on any atom is 0.148 e. The van der Waals surface area contributed by atoms with Crippen molar-refractivity contribution in [1.29, 1.82) is 5.26 Å². The van der Waals surface area contributed by atoms with Gasteiger partial charge < -0.3 is 5.32 Å². The summed E-state index contributed by atoms with van der Waals surface area (Å²) < 4.78 is 13.2. The van der Waals surface area contributed by atoms with E-state index in [1.807, 2.05) is 6.07 Å². The number of nitriles is 1. The average Bonchev–Trinajstić information content (AvgIpc) is 2.34. The number of benzene rings is 1. The normalized spacial score (nSPS) is 9.71. The summed E-state index contributed by atoms with van der Waals surface area (Å²) in [6, 6.07) is 9.58. The summed E-state index contributed by atoms with van der Waals surface area (Å²) in [5.74, 6) is -0.136. The first kappa shape index (κ1) is 11.4. The molecule has 0 aliphatic carbocycles. The zero-order chi connectivity index (χ0) is 12.3. The van der Waals surface area contributed by atoms with Gasteiger partial charge >= 0.3 is 0 Å². The van der Waals surface area contributed by atoms with E-state index >= 15 is 0 Å². The summed E-state index contributed by atoms with van der Waals surface area (Å²) in [5, 5.41) is 11.8. The van der Waals surface area contributed by atoms with Crippen LogP contribution in [0.3, 0.4) is 0 Å². The molecule has 2 aromatic rings. The van der Waals surface area contributed by atoms with Crippen LogP contribution in [0.4, 0.5) is 15.9 Å². The molecule has 0 aliphatic rings. The van der Waals surface area contributed by atoms with Crippen LogP contribution >= 0.6 is 11.6 Å². The number of anilines is 2. The van der Waals surface area contributed by atoms with Crippen LogP contribution in [-0.4, -0.2) is 4.98 Å². The van der Waals surface area contributed by atoms with Crippen LogP contribution in [0, 0.1) is 17.1 Å². The second-order valence-electron chi connectivity index (χ2n) is 3.27. The van der Waals surface area contributed by atoms with Crippen LogP contribution in [0.5, 0.6) is 0 Å². The Labute approximate surface area is 102 Å². The van der Waals surface area contributed by atoms with Gasteiger partial charge in [0.2, 0.25) is 0 Å². The molecule has 0 amide bonds. The predicted octanol–water partition coefficient (Wildman–Crippen LogP) is 3.49. The van der Waals surface area contributed by atoms with Crippen LogP contribution in [-0.2, 0) is 0 Å². The van der Waals surface area contributed by atoms with Crippen molar-refractivity contribution >= 4 is 23.1 Å². The molecule has 0 fully saturated rings. The first-order valence-electron chi connectivity index (χ1n) is 4.78. The minimum Gasteiger partial charge on any atom is -0.339 e. The molecule has 5 heteroatoms. The van der Waals surface area contributed by atoms with Crippen LogP contribution in [0.1, 0.15) is 5.56 Å². The Morgan fingerprint density at radius 2 is 2.18 bits per heavy atom. The standard InChI is InChI=1S/C12H7ClFN3/c13-10-4-3-9(6-11(10)14)17-12-8(7-15)2-1-5-16-12/h1-6H,(H,16,17). The highest BCUT2D eigenvalue weighted by Crippen LogP contribution is 2.22. The number of nitrogens with zero attached hydrogens (tertiary/aromatic N) is 2. The second kappa shape index (κ2) is 4.81. The number of rotatable bonds is 2. The van der Waals surface area contributed by atoms with Gasteiger partial charge in [-0.25, -0.2) is 9.37 Å². The fourth-order valence-corrected chi connectivity index (χ4v) is 1.42. The maximum atomic E-state index is 13.2. The van der Waals surface area contributed by atoms with E-state index in [2.05, 4.69) is 10.3 Å². The van der Waals surface area contributed by atoms with E-state index in [-0.39, 0.29) is 5.02 Å². The van der Waals surface area contributed by atoms with E-state index in [1.54, 1.807) is 24.4 Å². The molecule has 0 saturated heterocycles. The predicted molar refractivity (Wildman–Crippen MR) is 63.6 cm³/mol. The minimum atomic E-state index is -0.522. The molecule has 0 atom stereocenters. The number of pyridine rings is 1. The molecule has 84 valence electrons. The van der Waals surface area contributed by atoms with Gasteiger partial charge in [-0.1, -0.05) is 11.6 Å². The number of nitrogens with one attached hydrogen (secondary N) is 1. The van der Waals surface area contributed by atoms with E-state index in [0.717, 1.165) is 0 Å². The molecule has 17 heavy (non-hydrogen) atoms. The number of halogens is 2. The van der Waals surface area contributed by atoms with Crippen LogP contribution in [0.2, 0.25) is 5.02 Å². The Morgan fingerprint density at radius 3 is 2.88 bits per heavy atom. The molecule has 1 aromatic heterocycles. The molecule has 0 spiro atoms. The van der Waals surface area contributed by atoms with Gasteiger partial charge in [0.15, 0.2) is 0 Å². The molecule has 0 saturated carbocycles. The summed E-state index contributed by atoms with van der Waals surface area (Å²) in [5.41, 5.74) is 0.880. The highest BCUT2D eigenvalue weighted by atomic mass is 35.5. The first-order valence-corrected chi connectivity index (χ1v) is 5.15. The quantitative estimate of drug-likeness (QED) is 0.884. The molecule has 1 N–H and O–H groups in total. The van der Waals surface area contributed by atoms with Gasteiger partial charge in [0.1, 0.15) is 17.7 Å². The lowest BCUT2D eigenvalue weighted by molar-refractivity contribution is 0.629. The van der Waals surface area contributed by atoms with Gasteiger partial charge in [-0.2, -0.15) is 5.26 Å². The van der Waals surface area contributed by atoms with Gasteiger partial charge in [0, 0.05) is 11.9 Å². The van der Waals surface area contributed by atoms with E-state index < -0.39 is 5.82 Å². The lowest BCUT2D eigenvalue weighted by atomic mass is 10.2. The third-order valence-electron chi connectivity index (χ3n) is 2.11. The summed E-state index contributed by atoms with van der Waals surface area (Å²) in [4.78, 5) is 4.01. The van der Waals surface area contributed by atoms with Gasteiger partial charge in [-0.05, 0) is 30.3 Å². The Kier molecular flexibility index (Phi) is 3.22. The van der Waals surface area contributed by atoms with Crippen molar-refractivity contribution in [3.05, 3.63) is 52.9 Å². The topological polar surface area (TPSA) is 48.7 Å². The summed E-state index contributed by atoms with van der Waals surface area (Å²) in [7, 11) is 0. The lowest BCUT2D eigenvalue weighted by Gasteiger charge is -2.07. The van der Waals surface area contributed by atoms with Crippen molar-refractivity contribution in [2.24, 2.45) is 0 Å². The molecule has 1 heterocycles. The zero-order valence-corrected chi connectivity index (χ0v) is 9.37. The molecule has 3 nitrogen and oxygen atoms in total. The molecule has 2 rings (SSSR count). The highest BCUT2D eigenvalue weighted by Gasteiger charge is 2.05. The van der Waals surface area contributed by atoms with Crippen molar-refractivity contribution in [2.75, 3.05) is 5.32 Å². The van der Waals surface area contributed by atoms with Gasteiger partial charge in [0.05, 0.1) is 10.6 Å². The minimum absolute atomic E-state index is 0.0528. The molecule has 0 radical (unpaired) electrons. The zero-order valence-electron chi connectivity index (χ0n) is 8.61. The third-order valence-corrected chi connectivity index (χ3v) is 2.42. The van der Waals surface area contributed by atoms with Crippen LogP contribution < -0.4 is 5.32 Å². The fraction of sp³-hybridized carbons (Fsp3) is 0. The molecule has 1 aromatic carbocycles. The van der Waals surface area contributed by atoms with E-state index in [0.29, 0.717) is 17.1 Å². The van der Waals surface area contributed by atoms with E-state index in [4.69, 9.17) is 16.9 Å². The Morgan fingerprint density at radius 1 is 1.35 bits per heavy atom. The van der Waals surface area contributed by atoms with Crippen molar-refractivity contribution in [3.8, 4) is 6.07 Å². The average molecular weight is 248 g/mol. The third kappa shape index (κ3) is 2.52. The van der Waals surface area contributed by atoms with Gasteiger partial charge in [-0.15, -0.1) is 0 Å². The Hall–Kier alpha value is -2.12. The second-order valence-corrected chi connectivity index (χ2v) is 3.67. The van der Waals surface area contributed by atoms with E-state index in [9.17, 15) is 4.39 Å². The Balaban J connectivity index is 2.32. The molecule has 0 bridgehead atoms. The fourth-order valence-electron chi connectivity index (χ4n) is 1.31. The van der Waals surface area contributed by atoms with Gasteiger partial charge in [-0.3, -0.25) is 0 Å². The SMILES string of the molecule is N#Cc1cccnc1Nc1ccc(Cl)c(F)c1. The smallest absolute Gasteiger partial charge is 0.148 e. The van der Waals surface area contributed by atoms with Crippen LogP contribution in [0.15, 0.2) is 36.5 Å². The van der Waals surface area contributed by atoms with Crippen LogP contribution in [0.25, 0.3) is 0 Å². The highest BCUT2D eigenvalue weighted by molar-refractivity contribution is 6.30. The molecular formula is C12H7ClFN3. The summed E-state index contributed by atoms with van der Waals surface area (Å²) in [6.45, 7) is 0. The summed E-state index contributed by atoms with van der Waals surface area (Å²) >= 11 is 5.57. The Bertz CT molecular complexity index is 593. The molecular weight excluding hydrogens is 241 g/mol. The van der Waals surface area contributed by atoms with Crippen molar-refractivity contribution in [3.63, 3.8) is 0 Å². The van der Waals surface area contributed by atoms with Gasteiger partial charge in [0.25, 0.3) is 0 Å². The monoisotopic (exact) mass is 247 g/mol. The van der Waals surface area contributed by atoms with Crippen molar-refractivity contribution in [1.82, 2.24) is 4.98 Å². The maximum absolute atomic E-state index is 13.2. The first-order chi connectivity index (χ1) is 8.20. The number of hydrogen-bond acceptors (Lipinski definition) is 3. The molecule has 0 unspecified atom stereocenters.